The van der Waals surface area contributed by atoms with Crippen LogP contribution in [0.5, 0.6) is 5.75 Å². The van der Waals surface area contributed by atoms with Crippen LogP contribution in [0.15, 0.2) is 22.7 Å². The lowest BCUT2D eigenvalue weighted by atomic mass is 10.2. The normalized spacial score (nSPS) is 14.5. The first-order valence-electron chi connectivity index (χ1n) is 7.18. The number of nitrogens with zero attached hydrogens (tertiary/aromatic N) is 1. The number of hydrogen-bond donors (Lipinski definition) is 1. The highest BCUT2D eigenvalue weighted by Gasteiger charge is 2.16. The summed E-state index contributed by atoms with van der Waals surface area (Å²) in [7, 11) is 0. The molecule has 7 heteroatoms. The van der Waals surface area contributed by atoms with Gasteiger partial charge in [0, 0.05) is 13.1 Å². The van der Waals surface area contributed by atoms with Crippen molar-refractivity contribution in [3.05, 3.63) is 28.2 Å². The van der Waals surface area contributed by atoms with E-state index in [2.05, 4.69) is 28.2 Å². The third-order valence-electron chi connectivity index (χ3n) is 3.31. The van der Waals surface area contributed by atoms with Crippen LogP contribution in [0.1, 0.15) is 12.5 Å². The van der Waals surface area contributed by atoms with Gasteiger partial charge in [-0.1, -0.05) is 13.0 Å². The maximum atomic E-state index is 11.9. The molecule has 0 radical (unpaired) electrons. The second kappa shape index (κ2) is 8.45. The molecule has 0 saturated carbocycles. The minimum Gasteiger partial charge on any atom is -0.483 e. The van der Waals surface area contributed by atoms with Crippen molar-refractivity contribution in [1.29, 1.82) is 0 Å². The first kappa shape index (κ1) is 17.2. The van der Waals surface area contributed by atoms with E-state index in [0.717, 1.165) is 10.9 Å². The number of benzene rings is 1. The Morgan fingerprint density at radius 2 is 2.18 bits per heavy atom. The van der Waals surface area contributed by atoms with Crippen molar-refractivity contribution in [1.82, 2.24) is 10.2 Å². The first-order valence-corrected chi connectivity index (χ1v) is 8.38. The number of halogens is 1. The smallest absolute Gasteiger partial charge is 0.264 e. The lowest BCUT2D eigenvalue weighted by molar-refractivity contribution is -0.121. The van der Waals surface area contributed by atoms with Crippen LogP contribution in [-0.4, -0.2) is 48.8 Å². The van der Waals surface area contributed by atoms with E-state index in [0.29, 0.717) is 37.2 Å². The average Bonchev–Trinajstić information content (AvgIpc) is 2.54. The molecule has 1 aliphatic rings. The quantitative estimate of drug-likeness (QED) is 0.803. The molecule has 1 amide bonds. The van der Waals surface area contributed by atoms with E-state index in [1.54, 1.807) is 0 Å². The average molecular weight is 387 g/mol. The molecule has 0 spiro atoms. The van der Waals surface area contributed by atoms with Crippen LogP contribution in [0.2, 0.25) is 0 Å². The highest BCUT2D eigenvalue weighted by molar-refractivity contribution is 9.10. The number of morpholine rings is 1. The van der Waals surface area contributed by atoms with E-state index in [-0.39, 0.29) is 12.5 Å². The summed E-state index contributed by atoms with van der Waals surface area (Å²) < 4.78 is 11.6. The lowest BCUT2D eigenvalue weighted by Crippen LogP contribution is -2.48. The van der Waals surface area contributed by atoms with Crippen molar-refractivity contribution in [3.8, 4) is 5.75 Å². The summed E-state index contributed by atoms with van der Waals surface area (Å²) in [4.78, 5) is 13.8. The fourth-order valence-corrected chi connectivity index (χ4v) is 2.86. The van der Waals surface area contributed by atoms with Crippen molar-refractivity contribution in [3.63, 3.8) is 0 Å². The molecule has 0 atom stereocenters. The zero-order valence-electron chi connectivity index (χ0n) is 12.4. The van der Waals surface area contributed by atoms with Gasteiger partial charge in [-0.15, -0.1) is 0 Å². The molecule has 22 heavy (non-hydrogen) atoms. The first-order chi connectivity index (χ1) is 10.6. The van der Waals surface area contributed by atoms with Gasteiger partial charge in [0.15, 0.2) is 11.7 Å². The molecule has 0 aliphatic carbocycles. The Hall–Kier alpha value is -1.18. The SMILES string of the molecule is CCc1ccc(OCC(=O)NC(=S)N2CCOCC2)c(Br)c1. The number of thiocarbonyl (C=S) groups is 1. The Balaban J connectivity index is 1.81. The number of aryl methyl sites for hydroxylation is 1. The topological polar surface area (TPSA) is 50.8 Å². The van der Waals surface area contributed by atoms with Crippen molar-refractivity contribution < 1.29 is 14.3 Å². The van der Waals surface area contributed by atoms with Crippen LogP contribution in [0.3, 0.4) is 0 Å². The van der Waals surface area contributed by atoms with Crippen molar-refractivity contribution >= 4 is 39.2 Å². The van der Waals surface area contributed by atoms with Gasteiger partial charge in [-0.3, -0.25) is 4.79 Å². The third-order valence-corrected chi connectivity index (χ3v) is 4.29. The molecular weight excluding hydrogens is 368 g/mol. The van der Waals surface area contributed by atoms with Crippen LogP contribution >= 0.6 is 28.1 Å². The Morgan fingerprint density at radius 1 is 1.45 bits per heavy atom. The van der Waals surface area contributed by atoms with E-state index in [4.69, 9.17) is 21.7 Å². The number of carbonyl (C=O) groups excluding carboxylic acids is 1. The van der Waals surface area contributed by atoms with Gasteiger partial charge < -0.3 is 19.7 Å². The van der Waals surface area contributed by atoms with Gasteiger partial charge >= 0.3 is 0 Å². The molecule has 0 aromatic heterocycles. The summed E-state index contributed by atoms with van der Waals surface area (Å²) in [5.74, 6) is 0.382. The van der Waals surface area contributed by atoms with Crippen LogP contribution < -0.4 is 10.1 Å². The number of amides is 1. The molecule has 1 aliphatic heterocycles. The maximum Gasteiger partial charge on any atom is 0.264 e. The zero-order chi connectivity index (χ0) is 15.9. The molecule has 1 heterocycles. The summed E-state index contributed by atoms with van der Waals surface area (Å²) >= 11 is 8.66. The molecule has 1 saturated heterocycles. The summed E-state index contributed by atoms with van der Waals surface area (Å²) in [6, 6.07) is 5.83. The molecule has 120 valence electrons. The van der Waals surface area contributed by atoms with Gasteiger partial charge in [0.05, 0.1) is 17.7 Å². The van der Waals surface area contributed by atoms with Gasteiger partial charge in [-0.2, -0.15) is 0 Å². The highest BCUT2D eigenvalue weighted by Crippen LogP contribution is 2.26. The van der Waals surface area contributed by atoms with Crippen LogP contribution in [0.25, 0.3) is 0 Å². The summed E-state index contributed by atoms with van der Waals surface area (Å²) in [5.41, 5.74) is 1.21. The number of nitrogens with one attached hydrogen (secondary N) is 1. The Morgan fingerprint density at radius 3 is 2.82 bits per heavy atom. The number of rotatable bonds is 4. The maximum absolute atomic E-state index is 11.9. The van der Waals surface area contributed by atoms with Crippen molar-refractivity contribution in [2.45, 2.75) is 13.3 Å². The van der Waals surface area contributed by atoms with Crippen LogP contribution in [0, 0.1) is 0 Å². The fraction of sp³-hybridized carbons (Fsp3) is 0.467. The van der Waals surface area contributed by atoms with Crippen molar-refractivity contribution in [2.24, 2.45) is 0 Å². The summed E-state index contributed by atoms with van der Waals surface area (Å²) in [6.45, 7) is 4.66. The molecule has 1 fully saturated rings. The van der Waals surface area contributed by atoms with E-state index in [9.17, 15) is 4.79 Å². The van der Waals surface area contributed by atoms with Gasteiger partial charge in [-0.05, 0) is 52.3 Å². The second-order valence-corrected chi connectivity index (χ2v) is 6.10. The second-order valence-electron chi connectivity index (χ2n) is 4.86. The molecule has 5 nitrogen and oxygen atoms in total. The number of carbonyl (C=O) groups is 1. The molecule has 2 rings (SSSR count). The summed E-state index contributed by atoms with van der Waals surface area (Å²) in [6.07, 6.45) is 0.952. The zero-order valence-corrected chi connectivity index (χ0v) is 14.8. The van der Waals surface area contributed by atoms with E-state index in [1.165, 1.54) is 5.56 Å². The Bertz CT molecular complexity index is 548. The van der Waals surface area contributed by atoms with E-state index < -0.39 is 0 Å². The lowest BCUT2D eigenvalue weighted by Gasteiger charge is -2.28. The van der Waals surface area contributed by atoms with Gasteiger partial charge in [0.1, 0.15) is 5.75 Å². The van der Waals surface area contributed by atoms with Gasteiger partial charge in [-0.25, -0.2) is 0 Å². The molecule has 0 bridgehead atoms. The predicted octanol–water partition coefficient (Wildman–Crippen LogP) is 2.12. The number of hydrogen-bond acceptors (Lipinski definition) is 4. The minimum absolute atomic E-state index is 0.0748. The van der Waals surface area contributed by atoms with E-state index in [1.807, 2.05) is 23.1 Å². The molecular formula is C15H19BrN2O3S. The molecule has 1 aromatic rings. The van der Waals surface area contributed by atoms with Crippen LogP contribution in [0.4, 0.5) is 0 Å². The third kappa shape index (κ3) is 4.93. The number of ether oxygens (including phenoxy) is 2. The Kier molecular flexibility index (Phi) is 6.60. The highest BCUT2D eigenvalue weighted by atomic mass is 79.9. The predicted molar refractivity (Wildman–Crippen MR) is 92.1 cm³/mol. The Labute approximate surface area is 144 Å². The molecule has 1 N–H and O–H groups in total. The summed E-state index contributed by atoms with van der Waals surface area (Å²) in [5, 5.41) is 3.11. The largest absolute Gasteiger partial charge is 0.483 e. The minimum atomic E-state index is -0.261. The standard InChI is InChI=1S/C15H19BrN2O3S/c1-2-11-3-4-13(12(16)9-11)21-10-14(19)17-15(22)18-5-7-20-8-6-18/h3-4,9H,2,5-8,10H2,1H3,(H,17,19,22). The fourth-order valence-electron chi connectivity index (χ4n) is 2.03. The van der Waals surface area contributed by atoms with Gasteiger partial charge in [0.25, 0.3) is 5.91 Å². The van der Waals surface area contributed by atoms with E-state index >= 15 is 0 Å². The van der Waals surface area contributed by atoms with Crippen molar-refractivity contribution in [2.75, 3.05) is 32.9 Å². The monoisotopic (exact) mass is 386 g/mol. The van der Waals surface area contributed by atoms with Gasteiger partial charge in [0.2, 0.25) is 0 Å². The molecule has 1 aromatic carbocycles. The molecule has 0 unspecified atom stereocenters. The van der Waals surface area contributed by atoms with Crippen LogP contribution in [-0.2, 0) is 16.0 Å².